The summed E-state index contributed by atoms with van der Waals surface area (Å²) in [5.41, 5.74) is 0.374. The van der Waals surface area contributed by atoms with Crippen LogP contribution in [0.2, 0.25) is 0 Å². The van der Waals surface area contributed by atoms with Crippen molar-refractivity contribution in [3.05, 3.63) is 34.1 Å². The van der Waals surface area contributed by atoms with Crippen LogP contribution in [0.15, 0.2) is 22.7 Å². The highest BCUT2D eigenvalue weighted by molar-refractivity contribution is 9.10. The van der Waals surface area contributed by atoms with E-state index in [1.807, 2.05) is 6.92 Å². The van der Waals surface area contributed by atoms with Crippen LogP contribution in [-0.4, -0.2) is 13.1 Å². The molecule has 0 bridgehead atoms. The number of hydrogen-bond acceptors (Lipinski definition) is 2. The van der Waals surface area contributed by atoms with E-state index in [0.717, 1.165) is 4.47 Å². The molecule has 0 N–H and O–H groups in total. The number of methoxy groups -OCH3 is 1. The largest absolute Gasteiger partial charge is 0.469 e. The van der Waals surface area contributed by atoms with E-state index in [2.05, 4.69) is 20.7 Å². The highest BCUT2D eigenvalue weighted by atomic mass is 79.9. The normalized spacial score (nSPS) is 12.3. The molecule has 0 saturated carbocycles. The molecule has 1 unspecified atom stereocenters. The van der Waals surface area contributed by atoms with E-state index in [-0.39, 0.29) is 5.82 Å². The van der Waals surface area contributed by atoms with Gasteiger partial charge in [0, 0.05) is 10.0 Å². The second-order valence-corrected chi connectivity index (χ2v) is 4.07. The van der Waals surface area contributed by atoms with Crippen LogP contribution in [0.5, 0.6) is 0 Å². The monoisotopic (exact) mass is 274 g/mol. The first-order chi connectivity index (χ1) is 7.10. The first-order valence-electron chi connectivity index (χ1n) is 4.63. The van der Waals surface area contributed by atoms with Crippen molar-refractivity contribution in [2.75, 3.05) is 7.11 Å². The minimum atomic E-state index is -0.535. The lowest BCUT2D eigenvalue weighted by Crippen LogP contribution is -2.14. The van der Waals surface area contributed by atoms with E-state index in [9.17, 15) is 9.18 Å². The second kappa shape index (κ2) is 5.26. The first kappa shape index (κ1) is 12.2. The number of hydrogen-bond donors (Lipinski definition) is 0. The van der Waals surface area contributed by atoms with Crippen molar-refractivity contribution in [3.63, 3.8) is 0 Å². The van der Waals surface area contributed by atoms with Gasteiger partial charge in [-0.1, -0.05) is 22.9 Å². The Kier molecular flexibility index (Phi) is 4.27. The third-order valence-corrected chi connectivity index (χ3v) is 2.72. The van der Waals surface area contributed by atoms with Crippen LogP contribution in [-0.2, 0) is 9.53 Å². The van der Waals surface area contributed by atoms with Gasteiger partial charge in [0.2, 0.25) is 0 Å². The summed E-state index contributed by atoms with van der Waals surface area (Å²) < 4.78 is 18.9. The Hall–Kier alpha value is -0.900. The van der Waals surface area contributed by atoms with Crippen LogP contribution in [0, 0.1) is 5.82 Å². The molecular formula is C11H12BrFO2. The van der Waals surface area contributed by atoms with Gasteiger partial charge in [0.1, 0.15) is 5.82 Å². The van der Waals surface area contributed by atoms with Gasteiger partial charge in [-0.15, -0.1) is 0 Å². The molecule has 0 aliphatic carbocycles. The number of carbonyl (C=O) groups excluding carboxylic acids is 1. The van der Waals surface area contributed by atoms with Crippen LogP contribution in [0.3, 0.4) is 0 Å². The zero-order valence-corrected chi connectivity index (χ0v) is 10.2. The van der Waals surface area contributed by atoms with Crippen LogP contribution >= 0.6 is 15.9 Å². The van der Waals surface area contributed by atoms with E-state index in [1.54, 1.807) is 12.1 Å². The zero-order chi connectivity index (χ0) is 11.4. The zero-order valence-electron chi connectivity index (χ0n) is 8.59. The average Bonchev–Trinajstić information content (AvgIpc) is 2.23. The number of rotatable bonds is 3. The summed E-state index contributed by atoms with van der Waals surface area (Å²) >= 11 is 3.25. The van der Waals surface area contributed by atoms with Gasteiger partial charge < -0.3 is 4.74 Å². The molecule has 0 aliphatic heterocycles. The maximum Gasteiger partial charge on any atom is 0.313 e. The molecule has 0 fully saturated rings. The van der Waals surface area contributed by atoms with Gasteiger partial charge in [0.05, 0.1) is 13.0 Å². The summed E-state index contributed by atoms with van der Waals surface area (Å²) in [7, 11) is 1.31. The molecule has 1 aromatic carbocycles. The Morgan fingerprint density at radius 2 is 2.27 bits per heavy atom. The predicted molar refractivity (Wildman–Crippen MR) is 59.1 cm³/mol. The smallest absolute Gasteiger partial charge is 0.313 e. The minimum Gasteiger partial charge on any atom is -0.469 e. The molecule has 1 atom stereocenters. The summed E-state index contributed by atoms with van der Waals surface area (Å²) in [4.78, 5) is 11.4. The first-order valence-corrected chi connectivity index (χ1v) is 5.42. The molecule has 4 heteroatoms. The molecular weight excluding hydrogens is 263 g/mol. The summed E-state index contributed by atoms with van der Waals surface area (Å²) in [6, 6.07) is 4.55. The number of esters is 1. The van der Waals surface area contributed by atoms with Gasteiger partial charge in [0.25, 0.3) is 0 Å². The van der Waals surface area contributed by atoms with Crippen LogP contribution < -0.4 is 0 Å². The van der Waals surface area contributed by atoms with E-state index in [1.165, 1.54) is 13.2 Å². The van der Waals surface area contributed by atoms with Gasteiger partial charge >= 0.3 is 5.97 Å². The maximum atomic E-state index is 13.5. The van der Waals surface area contributed by atoms with E-state index >= 15 is 0 Å². The summed E-state index contributed by atoms with van der Waals surface area (Å²) in [5, 5.41) is 0. The molecule has 0 radical (unpaired) electrons. The summed E-state index contributed by atoms with van der Waals surface area (Å²) in [6.45, 7) is 1.82. The van der Waals surface area contributed by atoms with Crippen LogP contribution in [0.1, 0.15) is 24.8 Å². The standard InChI is InChI=1S/C11H12BrFO2/c1-3-8(11(14)15-2)9-6-7(12)4-5-10(9)13/h4-6,8H,3H2,1-2H3. The van der Waals surface area contributed by atoms with Crippen molar-refractivity contribution < 1.29 is 13.9 Å². The van der Waals surface area contributed by atoms with Gasteiger partial charge in [-0.2, -0.15) is 0 Å². The van der Waals surface area contributed by atoms with Crippen LogP contribution in [0.25, 0.3) is 0 Å². The third kappa shape index (κ3) is 2.78. The molecule has 0 spiro atoms. The summed E-state index contributed by atoms with van der Waals surface area (Å²) in [6.07, 6.45) is 0.514. The Balaban J connectivity index is 3.11. The molecule has 0 aliphatic rings. The molecule has 0 heterocycles. The number of halogens is 2. The van der Waals surface area contributed by atoms with Crippen molar-refractivity contribution >= 4 is 21.9 Å². The summed E-state index contributed by atoms with van der Waals surface area (Å²) in [5.74, 6) is -1.32. The van der Waals surface area contributed by atoms with E-state index < -0.39 is 11.9 Å². The lowest BCUT2D eigenvalue weighted by atomic mass is 9.96. The lowest BCUT2D eigenvalue weighted by molar-refractivity contribution is -0.142. The Morgan fingerprint density at radius 1 is 1.60 bits per heavy atom. The minimum absolute atomic E-state index is 0.374. The highest BCUT2D eigenvalue weighted by Crippen LogP contribution is 2.26. The van der Waals surface area contributed by atoms with Crippen molar-refractivity contribution in [1.82, 2.24) is 0 Å². The Labute approximate surface area is 96.6 Å². The fraction of sp³-hybridized carbons (Fsp3) is 0.364. The molecule has 82 valence electrons. The Bertz CT molecular complexity index is 366. The number of ether oxygens (including phenoxy) is 1. The molecule has 0 amide bonds. The van der Waals surface area contributed by atoms with Gasteiger partial charge in [-0.05, 0) is 24.6 Å². The van der Waals surface area contributed by atoms with E-state index in [4.69, 9.17) is 0 Å². The molecule has 2 nitrogen and oxygen atoms in total. The lowest BCUT2D eigenvalue weighted by Gasteiger charge is -2.13. The quantitative estimate of drug-likeness (QED) is 0.791. The van der Waals surface area contributed by atoms with Crippen molar-refractivity contribution in [1.29, 1.82) is 0 Å². The topological polar surface area (TPSA) is 26.3 Å². The predicted octanol–water partition coefficient (Wildman–Crippen LogP) is 3.25. The van der Waals surface area contributed by atoms with Crippen LogP contribution in [0.4, 0.5) is 4.39 Å². The average molecular weight is 275 g/mol. The van der Waals surface area contributed by atoms with Gasteiger partial charge in [0.15, 0.2) is 0 Å². The molecule has 15 heavy (non-hydrogen) atoms. The highest BCUT2D eigenvalue weighted by Gasteiger charge is 2.22. The third-order valence-electron chi connectivity index (χ3n) is 2.23. The van der Waals surface area contributed by atoms with Crippen molar-refractivity contribution in [3.8, 4) is 0 Å². The Morgan fingerprint density at radius 3 is 2.80 bits per heavy atom. The molecule has 1 rings (SSSR count). The maximum absolute atomic E-state index is 13.5. The van der Waals surface area contributed by atoms with Gasteiger partial charge in [-0.3, -0.25) is 4.79 Å². The fourth-order valence-electron chi connectivity index (χ4n) is 1.44. The fourth-order valence-corrected chi connectivity index (χ4v) is 1.82. The molecule has 0 aromatic heterocycles. The van der Waals surface area contributed by atoms with Gasteiger partial charge in [-0.25, -0.2) is 4.39 Å². The molecule has 1 aromatic rings. The number of benzene rings is 1. The van der Waals surface area contributed by atoms with E-state index in [0.29, 0.717) is 12.0 Å². The molecule has 0 saturated heterocycles. The SMILES string of the molecule is CCC(C(=O)OC)c1cc(Br)ccc1F. The van der Waals surface area contributed by atoms with Crippen molar-refractivity contribution in [2.45, 2.75) is 19.3 Å². The second-order valence-electron chi connectivity index (χ2n) is 3.15. The van der Waals surface area contributed by atoms with Crippen molar-refractivity contribution in [2.24, 2.45) is 0 Å². The number of carbonyl (C=O) groups is 1.